The Bertz CT molecular complexity index is 734. The maximum absolute atomic E-state index is 12.1. The fraction of sp³-hybridized carbons (Fsp3) is 0.391. The first-order valence-electron chi connectivity index (χ1n) is 9.62. The van der Waals surface area contributed by atoms with E-state index in [-0.39, 0.29) is 11.9 Å². The molecule has 4 heteroatoms. The molecule has 0 amide bonds. The highest BCUT2D eigenvalue weighted by molar-refractivity contribution is 5.92. The van der Waals surface area contributed by atoms with E-state index < -0.39 is 0 Å². The molecule has 0 spiro atoms. The second-order valence-electron chi connectivity index (χ2n) is 6.40. The van der Waals surface area contributed by atoms with E-state index in [4.69, 9.17) is 9.47 Å². The molecule has 0 fully saturated rings. The SMILES string of the molecule is CCCCCOC(=O)c1ccc(-c2[c]ccc(C(=O)OCCCC)c2)cc1. The second-order valence-corrected chi connectivity index (χ2v) is 6.40. The third-order valence-electron chi connectivity index (χ3n) is 4.18. The zero-order chi connectivity index (χ0) is 19.5. The molecule has 2 aromatic carbocycles. The van der Waals surface area contributed by atoms with E-state index in [1.165, 1.54) is 0 Å². The van der Waals surface area contributed by atoms with Gasteiger partial charge in [-0.05, 0) is 54.3 Å². The lowest BCUT2D eigenvalue weighted by Crippen LogP contribution is -2.07. The number of unbranched alkanes of at least 4 members (excludes halogenated alkanes) is 3. The van der Waals surface area contributed by atoms with Gasteiger partial charge < -0.3 is 9.47 Å². The maximum atomic E-state index is 12.1. The van der Waals surface area contributed by atoms with Crippen molar-refractivity contribution in [2.45, 2.75) is 46.0 Å². The molecule has 0 aliphatic carbocycles. The number of ether oxygens (including phenoxy) is 2. The molecule has 0 N–H and O–H groups in total. The van der Waals surface area contributed by atoms with E-state index in [2.05, 4.69) is 13.0 Å². The van der Waals surface area contributed by atoms with E-state index >= 15 is 0 Å². The highest BCUT2D eigenvalue weighted by atomic mass is 16.5. The van der Waals surface area contributed by atoms with E-state index in [0.717, 1.165) is 43.2 Å². The molecule has 4 nitrogen and oxygen atoms in total. The van der Waals surface area contributed by atoms with Crippen molar-refractivity contribution >= 4 is 11.9 Å². The van der Waals surface area contributed by atoms with Gasteiger partial charge in [-0.15, -0.1) is 0 Å². The maximum Gasteiger partial charge on any atom is 0.338 e. The standard InChI is InChI=1S/C23H27O4/c1-3-5-7-16-27-22(24)19-13-11-18(12-14-19)20-9-8-10-21(17-20)23(25)26-15-6-4-2/h8,10-14,17H,3-7,15-16H2,1-2H3. The molecule has 0 atom stereocenters. The first kappa shape index (κ1) is 20.7. The van der Waals surface area contributed by atoms with Crippen molar-refractivity contribution in [3.63, 3.8) is 0 Å². The number of hydrogen-bond acceptors (Lipinski definition) is 4. The quantitative estimate of drug-likeness (QED) is 0.413. The Hall–Kier alpha value is -2.62. The molecule has 2 aromatic rings. The van der Waals surface area contributed by atoms with E-state index in [9.17, 15) is 9.59 Å². The van der Waals surface area contributed by atoms with Gasteiger partial charge in [0.2, 0.25) is 0 Å². The van der Waals surface area contributed by atoms with Crippen molar-refractivity contribution in [1.29, 1.82) is 0 Å². The molecule has 2 rings (SSSR count). The molecule has 0 bridgehead atoms. The molecule has 1 radical (unpaired) electrons. The predicted octanol–water partition coefficient (Wildman–Crippen LogP) is 5.46. The molecular weight excluding hydrogens is 340 g/mol. The summed E-state index contributed by atoms with van der Waals surface area (Å²) in [6, 6.07) is 15.4. The third-order valence-corrected chi connectivity index (χ3v) is 4.18. The van der Waals surface area contributed by atoms with Crippen LogP contribution >= 0.6 is 0 Å². The normalized spacial score (nSPS) is 10.4. The molecule has 0 heterocycles. The van der Waals surface area contributed by atoms with E-state index in [1.54, 1.807) is 30.3 Å². The first-order chi connectivity index (χ1) is 13.2. The van der Waals surface area contributed by atoms with Crippen LogP contribution in [-0.2, 0) is 9.47 Å². The number of rotatable bonds is 10. The van der Waals surface area contributed by atoms with Gasteiger partial charge >= 0.3 is 11.9 Å². The van der Waals surface area contributed by atoms with Gasteiger partial charge in [-0.25, -0.2) is 9.59 Å². The van der Waals surface area contributed by atoms with Gasteiger partial charge in [0.25, 0.3) is 0 Å². The Morgan fingerprint density at radius 2 is 1.44 bits per heavy atom. The summed E-state index contributed by atoms with van der Waals surface area (Å²) in [4.78, 5) is 24.1. The number of hydrogen-bond donors (Lipinski definition) is 0. The number of esters is 2. The minimum absolute atomic E-state index is 0.310. The van der Waals surface area contributed by atoms with Crippen LogP contribution < -0.4 is 0 Å². The molecule has 0 aliphatic rings. The van der Waals surface area contributed by atoms with Crippen LogP contribution in [0, 0.1) is 6.07 Å². The highest BCUT2D eigenvalue weighted by Crippen LogP contribution is 2.21. The summed E-state index contributed by atoms with van der Waals surface area (Å²) in [5.74, 6) is -0.638. The average Bonchev–Trinajstić information content (AvgIpc) is 2.71. The van der Waals surface area contributed by atoms with Crippen LogP contribution in [-0.4, -0.2) is 25.2 Å². The monoisotopic (exact) mass is 367 g/mol. The lowest BCUT2D eigenvalue weighted by atomic mass is 10.0. The van der Waals surface area contributed by atoms with Gasteiger partial charge in [-0.1, -0.05) is 51.3 Å². The Balaban J connectivity index is 2.01. The summed E-state index contributed by atoms with van der Waals surface area (Å²) < 4.78 is 10.5. The van der Waals surface area contributed by atoms with E-state index in [0.29, 0.717) is 24.3 Å². The topological polar surface area (TPSA) is 52.6 Å². The molecule has 0 unspecified atom stereocenters. The lowest BCUT2D eigenvalue weighted by molar-refractivity contribution is 0.0490. The van der Waals surface area contributed by atoms with Crippen LogP contribution in [0.5, 0.6) is 0 Å². The minimum Gasteiger partial charge on any atom is -0.462 e. The summed E-state index contributed by atoms with van der Waals surface area (Å²) in [6.45, 7) is 5.04. The van der Waals surface area contributed by atoms with Gasteiger partial charge in [0.15, 0.2) is 0 Å². The summed E-state index contributed by atoms with van der Waals surface area (Å²) in [5, 5.41) is 0. The fourth-order valence-electron chi connectivity index (χ4n) is 2.54. The molecule has 0 aromatic heterocycles. The predicted molar refractivity (Wildman–Crippen MR) is 106 cm³/mol. The molecular formula is C23H27O4. The van der Waals surface area contributed by atoms with Crippen molar-refractivity contribution in [2.75, 3.05) is 13.2 Å². The van der Waals surface area contributed by atoms with Gasteiger partial charge in [0, 0.05) is 0 Å². The smallest absolute Gasteiger partial charge is 0.338 e. The Labute approximate surface area is 161 Å². The van der Waals surface area contributed by atoms with Crippen LogP contribution in [0.1, 0.15) is 66.7 Å². The second kappa shape index (κ2) is 11.2. The van der Waals surface area contributed by atoms with Gasteiger partial charge in [-0.2, -0.15) is 0 Å². The van der Waals surface area contributed by atoms with Crippen molar-refractivity contribution in [3.05, 3.63) is 59.7 Å². The Morgan fingerprint density at radius 1 is 0.815 bits per heavy atom. The zero-order valence-corrected chi connectivity index (χ0v) is 16.1. The summed E-state index contributed by atoms with van der Waals surface area (Å²) in [6.07, 6.45) is 4.87. The summed E-state index contributed by atoms with van der Waals surface area (Å²) in [7, 11) is 0. The van der Waals surface area contributed by atoms with Crippen molar-refractivity contribution in [2.24, 2.45) is 0 Å². The van der Waals surface area contributed by atoms with Gasteiger partial charge in [0.1, 0.15) is 0 Å². The molecule has 27 heavy (non-hydrogen) atoms. The molecule has 0 saturated heterocycles. The Morgan fingerprint density at radius 3 is 2.11 bits per heavy atom. The first-order valence-corrected chi connectivity index (χ1v) is 9.62. The third kappa shape index (κ3) is 6.55. The zero-order valence-electron chi connectivity index (χ0n) is 16.1. The average molecular weight is 367 g/mol. The van der Waals surface area contributed by atoms with Gasteiger partial charge in [0.05, 0.1) is 24.3 Å². The number of benzene rings is 2. The van der Waals surface area contributed by atoms with Crippen molar-refractivity contribution < 1.29 is 19.1 Å². The molecule has 0 saturated carbocycles. The molecule has 143 valence electrons. The minimum atomic E-state index is -0.328. The summed E-state index contributed by atoms with van der Waals surface area (Å²) >= 11 is 0. The lowest BCUT2D eigenvalue weighted by Gasteiger charge is -2.08. The number of carbonyl (C=O) groups is 2. The Kier molecular flexibility index (Phi) is 8.56. The van der Waals surface area contributed by atoms with Crippen LogP contribution in [0.3, 0.4) is 0 Å². The highest BCUT2D eigenvalue weighted by Gasteiger charge is 2.10. The summed E-state index contributed by atoms with van der Waals surface area (Å²) in [5.41, 5.74) is 2.67. The van der Waals surface area contributed by atoms with Crippen LogP contribution in [0.2, 0.25) is 0 Å². The van der Waals surface area contributed by atoms with Crippen LogP contribution in [0.4, 0.5) is 0 Å². The van der Waals surface area contributed by atoms with Crippen molar-refractivity contribution in [3.8, 4) is 11.1 Å². The van der Waals surface area contributed by atoms with Crippen LogP contribution in [0.25, 0.3) is 11.1 Å². The van der Waals surface area contributed by atoms with Crippen LogP contribution in [0.15, 0.2) is 42.5 Å². The number of carbonyl (C=O) groups excluding carboxylic acids is 2. The van der Waals surface area contributed by atoms with Gasteiger partial charge in [-0.3, -0.25) is 0 Å². The molecule has 0 aliphatic heterocycles. The largest absolute Gasteiger partial charge is 0.462 e. The fourth-order valence-corrected chi connectivity index (χ4v) is 2.54. The van der Waals surface area contributed by atoms with Crippen molar-refractivity contribution in [1.82, 2.24) is 0 Å². The van der Waals surface area contributed by atoms with E-state index in [1.807, 2.05) is 19.1 Å².